The second-order valence-corrected chi connectivity index (χ2v) is 2.56. The van der Waals surface area contributed by atoms with Crippen molar-refractivity contribution in [2.75, 3.05) is 14.2 Å². The molecule has 15 heavy (non-hydrogen) atoms. The standard InChI is InChI=1S/C9H9NO5/c1-14-8(12)6-4-3-5-10(7(6)11)9(13)15-2/h3-5H,1-2H3. The normalized spacial score (nSPS) is 9.47. The number of hydrogen-bond donors (Lipinski definition) is 0. The van der Waals surface area contributed by atoms with Crippen LogP contribution in [0.2, 0.25) is 0 Å². The maximum absolute atomic E-state index is 11.5. The Balaban J connectivity index is 3.30. The molecule has 6 heteroatoms. The molecule has 0 saturated heterocycles. The highest BCUT2D eigenvalue weighted by atomic mass is 16.5. The number of methoxy groups -OCH3 is 2. The van der Waals surface area contributed by atoms with Crippen LogP contribution < -0.4 is 5.56 Å². The summed E-state index contributed by atoms with van der Waals surface area (Å²) in [7, 11) is 2.29. The van der Waals surface area contributed by atoms with Gasteiger partial charge in [0.1, 0.15) is 5.56 Å². The summed E-state index contributed by atoms with van der Waals surface area (Å²) in [6.45, 7) is 0. The van der Waals surface area contributed by atoms with Crippen molar-refractivity contribution in [1.29, 1.82) is 0 Å². The molecule has 0 aliphatic rings. The lowest BCUT2D eigenvalue weighted by molar-refractivity contribution is 0.0598. The molecule has 0 amide bonds. The first-order valence-corrected chi connectivity index (χ1v) is 4.00. The molecular formula is C9H9NO5. The van der Waals surface area contributed by atoms with E-state index in [-0.39, 0.29) is 5.56 Å². The SMILES string of the molecule is COC(=O)c1cccn(C(=O)OC)c1=O. The molecule has 0 radical (unpaired) electrons. The molecular weight excluding hydrogens is 202 g/mol. The number of carbonyl (C=O) groups is 2. The van der Waals surface area contributed by atoms with Gasteiger partial charge in [-0.05, 0) is 12.1 Å². The van der Waals surface area contributed by atoms with Crippen molar-refractivity contribution in [2.24, 2.45) is 0 Å². The van der Waals surface area contributed by atoms with Crippen molar-refractivity contribution in [3.05, 3.63) is 34.2 Å². The molecule has 1 aromatic rings. The Morgan fingerprint density at radius 3 is 2.47 bits per heavy atom. The van der Waals surface area contributed by atoms with Gasteiger partial charge in [-0.2, -0.15) is 0 Å². The lowest BCUT2D eigenvalue weighted by Gasteiger charge is -2.03. The molecule has 1 heterocycles. The first-order valence-electron chi connectivity index (χ1n) is 4.00. The maximum atomic E-state index is 11.5. The minimum Gasteiger partial charge on any atom is -0.465 e. The van der Waals surface area contributed by atoms with E-state index in [1.165, 1.54) is 18.3 Å². The Morgan fingerprint density at radius 2 is 1.93 bits per heavy atom. The third-order valence-electron chi connectivity index (χ3n) is 1.72. The molecule has 0 unspecified atom stereocenters. The number of hydrogen-bond acceptors (Lipinski definition) is 5. The first-order chi connectivity index (χ1) is 7.11. The molecule has 0 aliphatic heterocycles. The lowest BCUT2D eigenvalue weighted by Crippen LogP contribution is -2.31. The van der Waals surface area contributed by atoms with Crippen LogP contribution in [0.5, 0.6) is 0 Å². The predicted octanol–water partition coefficient (Wildman–Crippen LogP) is 0.249. The zero-order valence-corrected chi connectivity index (χ0v) is 8.22. The zero-order valence-electron chi connectivity index (χ0n) is 8.22. The van der Waals surface area contributed by atoms with E-state index in [1.54, 1.807) is 0 Å². The third kappa shape index (κ3) is 2.04. The minimum atomic E-state index is -0.856. The summed E-state index contributed by atoms with van der Waals surface area (Å²) < 4.78 is 9.43. The van der Waals surface area contributed by atoms with Gasteiger partial charge in [0.2, 0.25) is 0 Å². The van der Waals surface area contributed by atoms with Crippen molar-refractivity contribution in [3.8, 4) is 0 Å². The van der Waals surface area contributed by atoms with E-state index in [0.29, 0.717) is 4.57 Å². The van der Waals surface area contributed by atoms with Crippen LogP contribution in [0.1, 0.15) is 10.4 Å². The van der Waals surface area contributed by atoms with Gasteiger partial charge in [0.05, 0.1) is 14.2 Å². The van der Waals surface area contributed by atoms with Crippen LogP contribution in [-0.4, -0.2) is 30.8 Å². The fourth-order valence-electron chi connectivity index (χ4n) is 1.00. The van der Waals surface area contributed by atoms with Crippen molar-refractivity contribution < 1.29 is 19.1 Å². The second-order valence-electron chi connectivity index (χ2n) is 2.56. The summed E-state index contributed by atoms with van der Waals surface area (Å²) in [6.07, 6.45) is 0.353. The molecule has 6 nitrogen and oxygen atoms in total. The topological polar surface area (TPSA) is 74.6 Å². The Labute approximate surface area is 85.0 Å². The molecule has 0 saturated carbocycles. The van der Waals surface area contributed by atoms with E-state index >= 15 is 0 Å². The molecule has 0 aromatic carbocycles. The molecule has 0 fully saturated rings. The highest BCUT2D eigenvalue weighted by molar-refractivity contribution is 5.89. The maximum Gasteiger partial charge on any atom is 0.420 e. The highest BCUT2D eigenvalue weighted by Crippen LogP contribution is 1.95. The van der Waals surface area contributed by atoms with E-state index in [1.807, 2.05) is 0 Å². The number of carbonyl (C=O) groups excluding carboxylic acids is 2. The summed E-state index contributed by atoms with van der Waals surface area (Å²) in [5.41, 5.74) is -0.985. The van der Waals surface area contributed by atoms with Crippen molar-refractivity contribution in [3.63, 3.8) is 0 Å². The highest BCUT2D eigenvalue weighted by Gasteiger charge is 2.15. The molecule has 80 valence electrons. The van der Waals surface area contributed by atoms with Gasteiger partial charge in [-0.1, -0.05) is 0 Å². The molecule has 0 atom stereocenters. The smallest absolute Gasteiger partial charge is 0.420 e. The van der Waals surface area contributed by atoms with Gasteiger partial charge in [-0.3, -0.25) is 4.79 Å². The van der Waals surface area contributed by atoms with E-state index in [9.17, 15) is 14.4 Å². The van der Waals surface area contributed by atoms with Crippen LogP contribution >= 0.6 is 0 Å². The van der Waals surface area contributed by atoms with E-state index in [0.717, 1.165) is 14.2 Å². The van der Waals surface area contributed by atoms with Crippen LogP contribution in [0.4, 0.5) is 4.79 Å². The monoisotopic (exact) mass is 211 g/mol. The average molecular weight is 211 g/mol. The zero-order chi connectivity index (χ0) is 11.4. The van der Waals surface area contributed by atoms with Crippen molar-refractivity contribution in [2.45, 2.75) is 0 Å². The van der Waals surface area contributed by atoms with Gasteiger partial charge in [0.15, 0.2) is 0 Å². The minimum absolute atomic E-state index is 0.217. The van der Waals surface area contributed by atoms with E-state index in [4.69, 9.17) is 0 Å². The van der Waals surface area contributed by atoms with Crippen LogP contribution in [0, 0.1) is 0 Å². The molecule has 0 bridgehead atoms. The van der Waals surface area contributed by atoms with Crippen LogP contribution in [0.3, 0.4) is 0 Å². The lowest BCUT2D eigenvalue weighted by atomic mass is 10.3. The van der Waals surface area contributed by atoms with Crippen molar-refractivity contribution in [1.82, 2.24) is 4.57 Å². The third-order valence-corrected chi connectivity index (χ3v) is 1.72. The van der Waals surface area contributed by atoms with Gasteiger partial charge < -0.3 is 9.47 Å². The molecule has 0 N–H and O–H groups in total. The summed E-state index contributed by atoms with van der Waals surface area (Å²) in [6, 6.07) is 2.65. The summed E-state index contributed by atoms with van der Waals surface area (Å²) in [4.78, 5) is 33.7. The first kappa shape index (κ1) is 11.0. The predicted molar refractivity (Wildman–Crippen MR) is 49.8 cm³/mol. The summed E-state index contributed by atoms with van der Waals surface area (Å²) in [5, 5.41) is 0. The quantitative estimate of drug-likeness (QED) is 0.622. The average Bonchev–Trinajstić information content (AvgIpc) is 2.27. The van der Waals surface area contributed by atoms with Crippen LogP contribution in [0.15, 0.2) is 23.1 Å². The number of ether oxygens (including phenoxy) is 2. The van der Waals surface area contributed by atoms with E-state index in [2.05, 4.69) is 9.47 Å². The molecule has 1 aromatic heterocycles. The van der Waals surface area contributed by atoms with Gasteiger partial charge in [-0.25, -0.2) is 14.2 Å². The molecule has 0 spiro atoms. The number of nitrogens with zero attached hydrogens (tertiary/aromatic N) is 1. The van der Waals surface area contributed by atoms with Crippen LogP contribution in [-0.2, 0) is 9.47 Å². The Morgan fingerprint density at radius 1 is 1.27 bits per heavy atom. The fraction of sp³-hybridized carbons (Fsp3) is 0.222. The fourth-order valence-corrected chi connectivity index (χ4v) is 1.00. The Kier molecular flexibility index (Phi) is 3.22. The number of aromatic nitrogens is 1. The molecule has 0 aliphatic carbocycles. The van der Waals surface area contributed by atoms with E-state index < -0.39 is 17.6 Å². The Bertz CT molecular complexity index is 411. The van der Waals surface area contributed by atoms with Gasteiger partial charge in [0, 0.05) is 6.20 Å². The van der Waals surface area contributed by atoms with Gasteiger partial charge in [0.25, 0.3) is 5.56 Å². The number of rotatable bonds is 1. The van der Waals surface area contributed by atoms with Gasteiger partial charge >= 0.3 is 12.1 Å². The largest absolute Gasteiger partial charge is 0.465 e. The number of esters is 1. The second kappa shape index (κ2) is 4.41. The summed E-state index contributed by atoms with van der Waals surface area (Å²) in [5.74, 6) is -0.793. The Hall–Kier alpha value is -2.11. The van der Waals surface area contributed by atoms with Crippen LogP contribution in [0.25, 0.3) is 0 Å². The van der Waals surface area contributed by atoms with Gasteiger partial charge in [-0.15, -0.1) is 0 Å². The number of pyridine rings is 1. The van der Waals surface area contributed by atoms with Crippen molar-refractivity contribution >= 4 is 12.1 Å². The molecule has 1 rings (SSSR count). The summed E-state index contributed by atoms with van der Waals surface area (Å²) >= 11 is 0.